The third-order valence-electron chi connectivity index (χ3n) is 4.05. The first-order chi connectivity index (χ1) is 12.1. The Labute approximate surface area is 158 Å². The number of carbonyl (C=O) groups is 2. The summed E-state index contributed by atoms with van der Waals surface area (Å²) in [6.45, 7) is 11.4. The molecule has 1 aromatic carbocycles. The van der Waals surface area contributed by atoms with E-state index in [1.165, 1.54) is 0 Å². The molecule has 0 aliphatic heterocycles. The summed E-state index contributed by atoms with van der Waals surface area (Å²) >= 11 is 0. The average molecular weight is 362 g/mol. The molecule has 0 unspecified atom stereocenters. The van der Waals surface area contributed by atoms with Gasteiger partial charge in [-0.25, -0.2) is 0 Å². The minimum absolute atomic E-state index is 0.0103. The minimum atomic E-state index is -0.0536. The number of amides is 2. The third kappa shape index (κ3) is 7.06. The topological polar surface area (TPSA) is 52.7 Å². The van der Waals surface area contributed by atoms with Crippen LogP contribution in [0, 0.1) is 5.41 Å². The Balaban J connectivity index is 3.07. The molecule has 0 fully saturated rings. The van der Waals surface area contributed by atoms with E-state index in [0.717, 1.165) is 29.9 Å². The highest BCUT2D eigenvalue weighted by molar-refractivity contribution is 5.91. The smallest absolute Gasteiger partial charge is 0.224 e. The normalized spacial score (nSPS) is 11.2. The van der Waals surface area contributed by atoms with Crippen LogP contribution in [-0.2, 0) is 16.1 Å². The monoisotopic (exact) mass is 361 g/mol. The Kier molecular flexibility index (Phi) is 8.12. The molecule has 0 radical (unpaired) electrons. The molecule has 5 heteroatoms. The van der Waals surface area contributed by atoms with Crippen molar-refractivity contribution in [3.8, 4) is 0 Å². The van der Waals surface area contributed by atoms with Gasteiger partial charge in [-0.2, -0.15) is 0 Å². The number of nitrogens with one attached hydrogen (secondary N) is 1. The molecule has 0 aromatic heterocycles. The maximum absolute atomic E-state index is 12.3. The lowest BCUT2D eigenvalue weighted by Gasteiger charge is -2.26. The summed E-state index contributed by atoms with van der Waals surface area (Å²) < 4.78 is 0. The molecule has 2 amide bonds. The van der Waals surface area contributed by atoms with Crippen molar-refractivity contribution in [3.63, 3.8) is 0 Å². The maximum atomic E-state index is 12.3. The first-order valence-corrected chi connectivity index (χ1v) is 9.45. The van der Waals surface area contributed by atoms with Crippen LogP contribution in [0.5, 0.6) is 0 Å². The zero-order valence-electron chi connectivity index (χ0n) is 17.5. The van der Waals surface area contributed by atoms with Crippen molar-refractivity contribution in [2.75, 3.05) is 30.9 Å². The van der Waals surface area contributed by atoms with Crippen LogP contribution in [0.25, 0.3) is 0 Å². The first kappa shape index (κ1) is 22.0. The van der Waals surface area contributed by atoms with Gasteiger partial charge in [-0.3, -0.25) is 9.59 Å². The zero-order chi connectivity index (χ0) is 19.9. The van der Waals surface area contributed by atoms with Crippen LogP contribution in [0.15, 0.2) is 18.2 Å². The highest BCUT2D eigenvalue weighted by atomic mass is 16.2. The molecular weight excluding hydrogens is 326 g/mol. The van der Waals surface area contributed by atoms with E-state index in [1.807, 2.05) is 69.8 Å². The van der Waals surface area contributed by atoms with Crippen LogP contribution in [0.2, 0.25) is 0 Å². The van der Waals surface area contributed by atoms with Gasteiger partial charge in [0.2, 0.25) is 11.8 Å². The SMILES string of the molecule is CCCN(Cc1cc(NC(=O)CC(C)(C)C)ccc1N(C)C)C(=O)CC. The second kappa shape index (κ2) is 9.60. The number of rotatable bonds is 8. The Hall–Kier alpha value is -2.04. The maximum Gasteiger partial charge on any atom is 0.224 e. The van der Waals surface area contributed by atoms with Gasteiger partial charge in [0.25, 0.3) is 0 Å². The Morgan fingerprint density at radius 1 is 1.12 bits per heavy atom. The van der Waals surface area contributed by atoms with Gasteiger partial charge in [0.05, 0.1) is 0 Å². The molecule has 0 heterocycles. The van der Waals surface area contributed by atoms with Gasteiger partial charge in [-0.15, -0.1) is 0 Å². The van der Waals surface area contributed by atoms with Gasteiger partial charge in [-0.1, -0.05) is 34.6 Å². The highest BCUT2D eigenvalue weighted by Gasteiger charge is 2.18. The predicted molar refractivity (Wildman–Crippen MR) is 109 cm³/mol. The molecule has 1 rings (SSSR count). The van der Waals surface area contributed by atoms with Crippen LogP contribution in [-0.4, -0.2) is 37.4 Å². The van der Waals surface area contributed by atoms with Crippen LogP contribution in [0.4, 0.5) is 11.4 Å². The average Bonchev–Trinajstić information content (AvgIpc) is 2.51. The van der Waals surface area contributed by atoms with Crippen molar-refractivity contribution in [1.82, 2.24) is 4.90 Å². The number of benzene rings is 1. The minimum Gasteiger partial charge on any atom is -0.377 e. The lowest BCUT2D eigenvalue weighted by atomic mass is 9.92. The molecule has 5 nitrogen and oxygen atoms in total. The molecule has 0 aliphatic rings. The third-order valence-corrected chi connectivity index (χ3v) is 4.05. The van der Waals surface area contributed by atoms with Gasteiger partial charge in [0.15, 0.2) is 0 Å². The van der Waals surface area contributed by atoms with Gasteiger partial charge >= 0.3 is 0 Å². The van der Waals surface area contributed by atoms with E-state index >= 15 is 0 Å². The Bertz CT molecular complexity index is 618. The van der Waals surface area contributed by atoms with Crippen molar-refractivity contribution >= 4 is 23.2 Å². The Morgan fingerprint density at radius 3 is 2.27 bits per heavy atom. The first-order valence-electron chi connectivity index (χ1n) is 9.45. The van der Waals surface area contributed by atoms with E-state index in [1.54, 1.807) is 0 Å². The predicted octanol–water partition coefficient (Wildman–Crippen LogP) is 4.28. The highest BCUT2D eigenvalue weighted by Crippen LogP contribution is 2.26. The summed E-state index contributed by atoms with van der Waals surface area (Å²) in [5.74, 6) is 0.162. The lowest BCUT2D eigenvalue weighted by Crippen LogP contribution is -2.31. The van der Waals surface area contributed by atoms with Gasteiger partial charge in [0, 0.05) is 51.4 Å². The molecule has 1 N–H and O–H groups in total. The largest absolute Gasteiger partial charge is 0.377 e. The van der Waals surface area contributed by atoms with E-state index in [4.69, 9.17) is 0 Å². The second-order valence-corrected chi connectivity index (χ2v) is 8.19. The number of anilines is 2. The van der Waals surface area contributed by atoms with Crippen molar-refractivity contribution in [3.05, 3.63) is 23.8 Å². The van der Waals surface area contributed by atoms with Crippen molar-refractivity contribution < 1.29 is 9.59 Å². The number of hydrogen-bond acceptors (Lipinski definition) is 3. The Morgan fingerprint density at radius 2 is 1.77 bits per heavy atom. The number of hydrogen-bond donors (Lipinski definition) is 1. The van der Waals surface area contributed by atoms with Crippen LogP contribution in [0.3, 0.4) is 0 Å². The fraction of sp³-hybridized carbons (Fsp3) is 0.619. The van der Waals surface area contributed by atoms with Crippen molar-refractivity contribution in [2.24, 2.45) is 5.41 Å². The van der Waals surface area contributed by atoms with Crippen LogP contribution >= 0.6 is 0 Å². The fourth-order valence-electron chi connectivity index (χ4n) is 2.90. The molecule has 0 saturated heterocycles. The van der Waals surface area contributed by atoms with Crippen LogP contribution < -0.4 is 10.2 Å². The second-order valence-electron chi connectivity index (χ2n) is 8.19. The van der Waals surface area contributed by atoms with E-state index in [0.29, 0.717) is 19.4 Å². The standard InChI is InChI=1S/C21H35N3O2/c1-8-12-24(20(26)9-2)15-16-13-17(10-11-18(16)23(6)7)22-19(25)14-21(3,4)5/h10-11,13H,8-9,12,14-15H2,1-7H3,(H,22,25). The lowest BCUT2D eigenvalue weighted by molar-refractivity contribution is -0.131. The summed E-state index contributed by atoms with van der Waals surface area (Å²) in [6.07, 6.45) is 1.89. The molecule has 0 atom stereocenters. The molecule has 26 heavy (non-hydrogen) atoms. The van der Waals surface area contributed by atoms with E-state index in [-0.39, 0.29) is 17.2 Å². The molecule has 1 aromatic rings. The summed E-state index contributed by atoms with van der Waals surface area (Å²) in [5.41, 5.74) is 2.82. The fourth-order valence-corrected chi connectivity index (χ4v) is 2.90. The molecular formula is C21H35N3O2. The molecule has 0 spiro atoms. The molecule has 146 valence electrons. The zero-order valence-corrected chi connectivity index (χ0v) is 17.5. The quantitative estimate of drug-likeness (QED) is 0.752. The molecule has 0 aliphatic carbocycles. The van der Waals surface area contributed by atoms with Crippen LogP contribution in [0.1, 0.15) is 59.4 Å². The van der Waals surface area contributed by atoms with Gasteiger partial charge in [-0.05, 0) is 35.6 Å². The van der Waals surface area contributed by atoms with E-state index in [2.05, 4.69) is 12.2 Å². The number of carbonyl (C=O) groups excluding carboxylic acids is 2. The summed E-state index contributed by atoms with van der Waals surface area (Å²) in [6, 6.07) is 5.91. The molecule has 0 saturated carbocycles. The number of nitrogens with zero attached hydrogens (tertiary/aromatic N) is 2. The van der Waals surface area contributed by atoms with Crippen molar-refractivity contribution in [1.29, 1.82) is 0 Å². The van der Waals surface area contributed by atoms with E-state index < -0.39 is 0 Å². The van der Waals surface area contributed by atoms with Gasteiger partial charge < -0.3 is 15.1 Å². The van der Waals surface area contributed by atoms with Gasteiger partial charge in [0.1, 0.15) is 0 Å². The summed E-state index contributed by atoms with van der Waals surface area (Å²) in [5, 5.41) is 2.99. The molecule has 0 bridgehead atoms. The summed E-state index contributed by atoms with van der Waals surface area (Å²) in [4.78, 5) is 28.4. The summed E-state index contributed by atoms with van der Waals surface area (Å²) in [7, 11) is 3.98. The van der Waals surface area contributed by atoms with Crippen molar-refractivity contribution in [2.45, 2.75) is 60.4 Å². The van der Waals surface area contributed by atoms with E-state index in [9.17, 15) is 9.59 Å².